The van der Waals surface area contributed by atoms with Crippen LogP contribution >= 0.6 is 35.3 Å². The van der Waals surface area contributed by atoms with E-state index in [4.69, 9.17) is 0 Å². The summed E-state index contributed by atoms with van der Waals surface area (Å²) in [7, 11) is 4.01. The Balaban J connectivity index is 0.00000441. The Morgan fingerprint density at radius 2 is 2.05 bits per heavy atom. The smallest absolute Gasteiger partial charge is 0.191 e. The van der Waals surface area contributed by atoms with E-state index in [0.29, 0.717) is 6.04 Å². The summed E-state index contributed by atoms with van der Waals surface area (Å²) in [5.74, 6) is 0.889. The van der Waals surface area contributed by atoms with Crippen LogP contribution in [0.2, 0.25) is 0 Å². The lowest BCUT2D eigenvalue weighted by molar-refractivity contribution is 0.268. The monoisotopic (exact) mass is 438 g/mol. The molecule has 0 fully saturated rings. The van der Waals surface area contributed by atoms with Gasteiger partial charge in [0.1, 0.15) is 0 Å². The summed E-state index contributed by atoms with van der Waals surface area (Å²) in [5, 5.41) is 8.88. The van der Waals surface area contributed by atoms with E-state index in [1.165, 1.54) is 16.9 Å². The number of hydrogen-bond donors (Lipinski definition) is 2. The second kappa shape index (κ2) is 12.1. The first-order valence-corrected chi connectivity index (χ1v) is 8.60. The lowest BCUT2D eigenvalue weighted by Gasteiger charge is -2.20. The number of thiophene rings is 1. The van der Waals surface area contributed by atoms with Crippen LogP contribution in [0.15, 0.2) is 16.4 Å². The van der Waals surface area contributed by atoms with Gasteiger partial charge in [0.15, 0.2) is 5.96 Å². The highest BCUT2D eigenvalue weighted by molar-refractivity contribution is 14.0. The van der Waals surface area contributed by atoms with Crippen LogP contribution in [-0.2, 0) is 6.54 Å². The molecule has 0 atom stereocenters. The largest absolute Gasteiger partial charge is 0.356 e. The lowest BCUT2D eigenvalue weighted by atomic mass is 10.2. The molecule has 1 rings (SSSR count). The molecule has 0 saturated carbocycles. The average molecular weight is 438 g/mol. The predicted octanol–water partition coefficient (Wildman–Crippen LogP) is 3.46. The van der Waals surface area contributed by atoms with Crippen LogP contribution in [0.25, 0.3) is 0 Å². The van der Waals surface area contributed by atoms with Crippen molar-refractivity contribution in [1.82, 2.24) is 15.5 Å². The van der Waals surface area contributed by atoms with Crippen molar-refractivity contribution >= 4 is 41.3 Å². The van der Waals surface area contributed by atoms with Crippen molar-refractivity contribution in [1.29, 1.82) is 0 Å². The Morgan fingerprint density at radius 3 is 2.59 bits per heavy atom. The number of nitrogens with zero attached hydrogens (tertiary/aromatic N) is 2. The summed E-state index contributed by atoms with van der Waals surface area (Å²) >= 11 is 1.79. The van der Waals surface area contributed by atoms with Gasteiger partial charge in [-0.3, -0.25) is 4.99 Å². The van der Waals surface area contributed by atoms with Gasteiger partial charge in [0.25, 0.3) is 0 Å². The first kappa shape index (κ1) is 21.7. The van der Waals surface area contributed by atoms with Crippen molar-refractivity contribution in [2.75, 3.05) is 27.2 Å². The van der Waals surface area contributed by atoms with E-state index >= 15 is 0 Å². The Kier molecular flexibility index (Phi) is 11.9. The van der Waals surface area contributed by atoms with E-state index in [-0.39, 0.29) is 24.0 Å². The van der Waals surface area contributed by atoms with Crippen LogP contribution < -0.4 is 10.6 Å². The summed E-state index contributed by atoms with van der Waals surface area (Å²) in [6, 6.07) is 2.78. The molecule has 22 heavy (non-hydrogen) atoms. The van der Waals surface area contributed by atoms with Crippen molar-refractivity contribution in [3.8, 4) is 0 Å². The molecule has 0 bridgehead atoms. The van der Waals surface area contributed by atoms with Crippen LogP contribution in [0.4, 0.5) is 0 Å². The summed E-state index contributed by atoms with van der Waals surface area (Å²) in [5.41, 5.74) is 1.35. The predicted molar refractivity (Wildman–Crippen MR) is 110 cm³/mol. The fourth-order valence-electron chi connectivity index (χ4n) is 1.92. The molecule has 0 aliphatic heterocycles. The SMILES string of the molecule is CN=C(NCCCCN(C)C(C)C)NCc1sccc1C.I. The summed E-state index contributed by atoms with van der Waals surface area (Å²) in [4.78, 5) is 8.02. The fraction of sp³-hybridized carbons (Fsp3) is 0.688. The van der Waals surface area contributed by atoms with Crippen molar-refractivity contribution < 1.29 is 0 Å². The second-order valence-corrected chi connectivity index (χ2v) is 6.66. The molecule has 0 saturated heterocycles. The van der Waals surface area contributed by atoms with Crippen LogP contribution in [0, 0.1) is 6.92 Å². The molecule has 0 aliphatic rings. The zero-order valence-corrected chi connectivity index (χ0v) is 17.6. The molecule has 1 aromatic rings. The minimum absolute atomic E-state index is 0. The van der Waals surface area contributed by atoms with Gasteiger partial charge in [-0.15, -0.1) is 35.3 Å². The third-order valence-electron chi connectivity index (χ3n) is 3.72. The molecular formula is C16H31IN4S. The Bertz CT molecular complexity index is 432. The van der Waals surface area contributed by atoms with E-state index in [9.17, 15) is 0 Å². The van der Waals surface area contributed by atoms with Gasteiger partial charge in [0.2, 0.25) is 0 Å². The molecule has 0 amide bonds. The number of hydrogen-bond acceptors (Lipinski definition) is 3. The van der Waals surface area contributed by atoms with Crippen LogP contribution in [0.3, 0.4) is 0 Å². The maximum atomic E-state index is 4.27. The molecule has 0 radical (unpaired) electrons. The second-order valence-electron chi connectivity index (χ2n) is 5.66. The number of aliphatic imine (C=N–C) groups is 1. The number of aryl methyl sites for hydroxylation is 1. The van der Waals surface area contributed by atoms with Crippen molar-refractivity contribution in [3.63, 3.8) is 0 Å². The molecule has 4 nitrogen and oxygen atoms in total. The van der Waals surface area contributed by atoms with Gasteiger partial charge in [-0.25, -0.2) is 0 Å². The molecule has 1 heterocycles. The average Bonchev–Trinajstić information content (AvgIpc) is 2.86. The molecular weight excluding hydrogens is 407 g/mol. The standard InChI is InChI=1S/C16H30N4S.HI/c1-13(2)20(5)10-7-6-9-18-16(17-4)19-12-15-14(3)8-11-21-15;/h8,11,13H,6-7,9-10,12H2,1-5H3,(H2,17,18,19);1H. The molecule has 0 unspecified atom stereocenters. The zero-order chi connectivity index (χ0) is 15.7. The third kappa shape index (κ3) is 8.33. The molecule has 0 aliphatic carbocycles. The van der Waals surface area contributed by atoms with Gasteiger partial charge in [-0.1, -0.05) is 0 Å². The molecule has 0 spiro atoms. The molecule has 6 heteroatoms. The quantitative estimate of drug-likeness (QED) is 0.283. The Hall–Kier alpha value is -0.340. The van der Waals surface area contributed by atoms with Crippen molar-refractivity contribution in [2.45, 2.75) is 46.2 Å². The van der Waals surface area contributed by atoms with Gasteiger partial charge in [0, 0.05) is 24.5 Å². The van der Waals surface area contributed by atoms with Gasteiger partial charge >= 0.3 is 0 Å². The van der Waals surface area contributed by atoms with Crippen LogP contribution in [0.5, 0.6) is 0 Å². The highest BCUT2D eigenvalue weighted by Crippen LogP contribution is 2.14. The lowest BCUT2D eigenvalue weighted by Crippen LogP contribution is -2.37. The highest BCUT2D eigenvalue weighted by Gasteiger charge is 2.03. The van der Waals surface area contributed by atoms with E-state index < -0.39 is 0 Å². The number of guanidine groups is 1. The van der Waals surface area contributed by atoms with E-state index in [1.807, 2.05) is 7.05 Å². The maximum absolute atomic E-state index is 4.27. The Morgan fingerprint density at radius 1 is 1.32 bits per heavy atom. The normalized spacial score (nSPS) is 11.7. The van der Waals surface area contributed by atoms with Crippen molar-refractivity contribution in [3.05, 3.63) is 21.9 Å². The minimum Gasteiger partial charge on any atom is -0.356 e. The molecule has 2 N–H and O–H groups in total. The zero-order valence-electron chi connectivity index (χ0n) is 14.5. The highest BCUT2D eigenvalue weighted by atomic mass is 127. The minimum atomic E-state index is 0. The molecule has 1 aromatic heterocycles. The number of nitrogens with one attached hydrogen (secondary N) is 2. The van der Waals surface area contributed by atoms with Gasteiger partial charge in [-0.05, 0) is 64.2 Å². The summed E-state index contributed by atoms with van der Waals surface area (Å²) in [6.45, 7) is 9.58. The first-order chi connectivity index (χ1) is 10.0. The summed E-state index contributed by atoms with van der Waals surface area (Å²) < 4.78 is 0. The van der Waals surface area contributed by atoms with Gasteiger partial charge in [0.05, 0.1) is 6.54 Å². The first-order valence-electron chi connectivity index (χ1n) is 7.72. The Labute approximate surface area is 156 Å². The van der Waals surface area contributed by atoms with E-state index in [2.05, 4.69) is 59.8 Å². The van der Waals surface area contributed by atoms with Crippen LogP contribution in [-0.4, -0.2) is 44.1 Å². The van der Waals surface area contributed by atoms with E-state index in [1.54, 1.807) is 11.3 Å². The topological polar surface area (TPSA) is 39.7 Å². The fourth-order valence-corrected chi connectivity index (χ4v) is 2.77. The van der Waals surface area contributed by atoms with Crippen LogP contribution in [0.1, 0.15) is 37.1 Å². The molecule has 128 valence electrons. The van der Waals surface area contributed by atoms with Crippen molar-refractivity contribution in [2.24, 2.45) is 4.99 Å². The van der Waals surface area contributed by atoms with Gasteiger partial charge < -0.3 is 15.5 Å². The van der Waals surface area contributed by atoms with E-state index in [0.717, 1.165) is 32.0 Å². The summed E-state index contributed by atoms with van der Waals surface area (Å²) in [6.07, 6.45) is 2.37. The van der Waals surface area contributed by atoms with Gasteiger partial charge in [-0.2, -0.15) is 0 Å². The third-order valence-corrected chi connectivity index (χ3v) is 4.74. The number of halogens is 1. The molecule has 0 aromatic carbocycles. The maximum Gasteiger partial charge on any atom is 0.191 e. The number of unbranched alkanes of at least 4 members (excludes halogenated alkanes) is 1. The number of rotatable bonds is 8.